The number of phenols is 1. The average Bonchev–Trinajstić information content (AvgIpc) is 2.18. The Balaban J connectivity index is 2.76. The summed E-state index contributed by atoms with van der Waals surface area (Å²) in [5, 5.41) is 17.8. The van der Waals surface area contributed by atoms with Crippen LogP contribution in [0.4, 0.5) is 0 Å². The molecule has 0 spiro atoms. The van der Waals surface area contributed by atoms with E-state index in [1.807, 2.05) is 0 Å². The highest BCUT2D eigenvalue weighted by atomic mass is 79.9. The number of phenolic OH excluding ortho intramolecular Hbond substituents is 1. The Morgan fingerprint density at radius 2 is 2.20 bits per heavy atom. The van der Waals surface area contributed by atoms with Crippen molar-refractivity contribution in [2.75, 3.05) is 0 Å². The van der Waals surface area contributed by atoms with Crippen LogP contribution in [0.15, 0.2) is 22.7 Å². The number of carbonyl (C=O) groups is 1. The normalized spacial score (nSPS) is 12.4. The van der Waals surface area contributed by atoms with Gasteiger partial charge in [-0.05, 0) is 30.2 Å². The predicted octanol–water partition coefficient (Wildman–Crippen LogP) is 2.02. The highest BCUT2D eigenvalue weighted by Gasteiger charge is 2.12. The van der Waals surface area contributed by atoms with Crippen molar-refractivity contribution in [3.05, 3.63) is 28.2 Å². The van der Waals surface area contributed by atoms with Crippen molar-refractivity contribution in [3.63, 3.8) is 0 Å². The van der Waals surface area contributed by atoms with Crippen molar-refractivity contribution in [3.8, 4) is 5.75 Å². The quantitative estimate of drug-likeness (QED) is 0.784. The molecule has 0 aliphatic rings. The Kier molecular flexibility index (Phi) is 4.11. The maximum Gasteiger partial charge on any atom is 0.303 e. The van der Waals surface area contributed by atoms with Crippen LogP contribution in [0.1, 0.15) is 24.4 Å². The lowest BCUT2D eigenvalue weighted by atomic mass is 10.0. The fourth-order valence-electron chi connectivity index (χ4n) is 1.25. The molecule has 0 bridgehead atoms. The number of hydrogen-bond donors (Lipinski definition) is 3. The molecular weight excluding hydrogens is 262 g/mol. The van der Waals surface area contributed by atoms with E-state index >= 15 is 0 Å². The van der Waals surface area contributed by atoms with Crippen LogP contribution >= 0.6 is 15.9 Å². The molecule has 15 heavy (non-hydrogen) atoms. The van der Waals surface area contributed by atoms with Gasteiger partial charge >= 0.3 is 5.97 Å². The summed E-state index contributed by atoms with van der Waals surface area (Å²) in [6.07, 6.45) is 0.362. The lowest BCUT2D eigenvalue weighted by molar-refractivity contribution is -0.137. The molecule has 1 atom stereocenters. The Labute approximate surface area is 95.8 Å². The van der Waals surface area contributed by atoms with Gasteiger partial charge in [0, 0.05) is 16.9 Å². The first-order valence-corrected chi connectivity index (χ1v) is 5.26. The summed E-state index contributed by atoms with van der Waals surface area (Å²) in [4.78, 5) is 10.4. The van der Waals surface area contributed by atoms with E-state index in [0.29, 0.717) is 6.42 Å². The van der Waals surface area contributed by atoms with Gasteiger partial charge in [-0.25, -0.2) is 0 Å². The van der Waals surface area contributed by atoms with Gasteiger partial charge in [-0.2, -0.15) is 0 Å². The smallest absolute Gasteiger partial charge is 0.303 e. The van der Waals surface area contributed by atoms with Crippen LogP contribution in [0.5, 0.6) is 5.75 Å². The van der Waals surface area contributed by atoms with E-state index in [-0.39, 0.29) is 18.2 Å². The molecule has 0 aliphatic carbocycles. The van der Waals surface area contributed by atoms with Crippen LogP contribution in [0.2, 0.25) is 0 Å². The molecule has 1 rings (SSSR count). The molecule has 0 heterocycles. The van der Waals surface area contributed by atoms with Crippen molar-refractivity contribution in [1.29, 1.82) is 0 Å². The van der Waals surface area contributed by atoms with Gasteiger partial charge in [0.15, 0.2) is 0 Å². The first kappa shape index (κ1) is 12.0. The largest absolute Gasteiger partial charge is 0.508 e. The van der Waals surface area contributed by atoms with E-state index in [0.717, 1.165) is 10.0 Å². The van der Waals surface area contributed by atoms with Gasteiger partial charge in [-0.1, -0.05) is 15.9 Å². The highest BCUT2D eigenvalue weighted by molar-refractivity contribution is 9.10. The molecule has 1 aromatic carbocycles. The second-order valence-electron chi connectivity index (χ2n) is 3.24. The molecule has 0 aromatic heterocycles. The topological polar surface area (TPSA) is 83.6 Å². The molecule has 5 heteroatoms. The molecule has 4 nitrogen and oxygen atoms in total. The van der Waals surface area contributed by atoms with Crippen LogP contribution in [-0.4, -0.2) is 16.2 Å². The monoisotopic (exact) mass is 273 g/mol. The Morgan fingerprint density at radius 3 is 2.80 bits per heavy atom. The minimum absolute atomic E-state index is 0.0171. The van der Waals surface area contributed by atoms with Crippen molar-refractivity contribution >= 4 is 21.9 Å². The van der Waals surface area contributed by atoms with Crippen molar-refractivity contribution in [2.24, 2.45) is 5.73 Å². The first-order chi connectivity index (χ1) is 7.00. The van der Waals surface area contributed by atoms with Crippen molar-refractivity contribution < 1.29 is 15.0 Å². The Bertz CT molecular complexity index is 368. The van der Waals surface area contributed by atoms with Gasteiger partial charge in [0.25, 0.3) is 0 Å². The molecule has 0 saturated carbocycles. The van der Waals surface area contributed by atoms with E-state index in [9.17, 15) is 9.90 Å². The van der Waals surface area contributed by atoms with E-state index in [2.05, 4.69) is 15.9 Å². The van der Waals surface area contributed by atoms with E-state index in [1.54, 1.807) is 6.07 Å². The van der Waals surface area contributed by atoms with Crippen LogP contribution in [-0.2, 0) is 4.79 Å². The SMILES string of the molecule is NC(CCC(=O)O)c1cc(O)ccc1Br. The van der Waals surface area contributed by atoms with Crippen molar-refractivity contribution in [1.82, 2.24) is 0 Å². The lowest BCUT2D eigenvalue weighted by Gasteiger charge is -2.12. The summed E-state index contributed by atoms with van der Waals surface area (Å²) in [6, 6.07) is 4.38. The van der Waals surface area contributed by atoms with Gasteiger partial charge in [-0.15, -0.1) is 0 Å². The van der Waals surface area contributed by atoms with Gasteiger partial charge in [0.2, 0.25) is 0 Å². The molecule has 0 amide bonds. The number of halogens is 1. The third kappa shape index (κ3) is 3.53. The minimum atomic E-state index is -0.873. The molecular formula is C10H12BrNO3. The lowest BCUT2D eigenvalue weighted by Crippen LogP contribution is -2.12. The number of benzene rings is 1. The molecule has 0 fully saturated rings. The maximum absolute atomic E-state index is 10.4. The highest BCUT2D eigenvalue weighted by Crippen LogP contribution is 2.28. The standard InChI is InChI=1S/C10H12BrNO3/c11-8-2-1-6(13)5-7(8)9(12)3-4-10(14)15/h1-2,5,9,13H,3-4,12H2,(H,14,15). The van der Waals surface area contributed by atoms with E-state index in [1.165, 1.54) is 12.1 Å². The summed E-state index contributed by atoms with van der Waals surface area (Å²) in [6.45, 7) is 0. The van der Waals surface area contributed by atoms with Gasteiger partial charge in [0.1, 0.15) is 5.75 Å². The Morgan fingerprint density at radius 1 is 1.53 bits per heavy atom. The summed E-state index contributed by atoms with van der Waals surface area (Å²) in [5.74, 6) is -0.749. The zero-order chi connectivity index (χ0) is 11.4. The van der Waals surface area contributed by atoms with Gasteiger partial charge in [-0.3, -0.25) is 4.79 Å². The minimum Gasteiger partial charge on any atom is -0.508 e. The van der Waals surface area contributed by atoms with E-state index < -0.39 is 5.97 Å². The molecule has 1 unspecified atom stereocenters. The summed E-state index contributed by atoms with van der Waals surface area (Å²) < 4.78 is 0.776. The molecule has 4 N–H and O–H groups in total. The fourth-order valence-corrected chi connectivity index (χ4v) is 1.79. The Hall–Kier alpha value is -1.07. The molecule has 0 aliphatic heterocycles. The average molecular weight is 274 g/mol. The summed E-state index contributed by atoms with van der Waals surface area (Å²) in [5.41, 5.74) is 6.53. The predicted molar refractivity (Wildman–Crippen MR) is 59.6 cm³/mol. The first-order valence-electron chi connectivity index (χ1n) is 4.46. The van der Waals surface area contributed by atoms with Crippen LogP contribution in [0.25, 0.3) is 0 Å². The summed E-state index contributed by atoms with van der Waals surface area (Å²) >= 11 is 3.30. The van der Waals surface area contributed by atoms with Crippen LogP contribution in [0.3, 0.4) is 0 Å². The molecule has 1 aromatic rings. The van der Waals surface area contributed by atoms with Gasteiger partial charge < -0.3 is 15.9 Å². The maximum atomic E-state index is 10.4. The number of aliphatic carboxylic acids is 1. The second kappa shape index (κ2) is 5.14. The summed E-state index contributed by atoms with van der Waals surface area (Å²) in [7, 11) is 0. The molecule has 0 radical (unpaired) electrons. The van der Waals surface area contributed by atoms with Crippen LogP contribution in [0, 0.1) is 0 Å². The zero-order valence-corrected chi connectivity index (χ0v) is 9.57. The second-order valence-corrected chi connectivity index (χ2v) is 4.10. The third-order valence-corrected chi connectivity index (χ3v) is 2.77. The number of rotatable bonds is 4. The molecule has 0 saturated heterocycles. The number of carboxylic acid groups (broad SMARTS) is 1. The van der Waals surface area contributed by atoms with Crippen molar-refractivity contribution in [2.45, 2.75) is 18.9 Å². The zero-order valence-electron chi connectivity index (χ0n) is 7.98. The molecule has 82 valence electrons. The van der Waals surface area contributed by atoms with Crippen LogP contribution < -0.4 is 5.73 Å². The number of carboxylic acids is 1. The van der Waals surface area contributed by atoms with E-state index in [4.69, 9.17) is 10.8 Å². The fraction of sp³-hybridized carbons (Fsp3) is 0.300. The third-order valence-electron chi connectivity index (χ3n) is 2.05. The number of nitrogens with two attached hydrogens (primary N) is 1. The van der Waals surface area contributed by atoms with Gasteiger partial charge in [0.05, 0.1) is 0 Å². The number of aromatic hydroxyl groups is 1. The number of hydrogen-bond acceptors (Lipinski definition) is 3.